The van der Waals surface area contributed by atoms with Crippen molar-refractivity contribution in [2.75, 3.05) is 11.9 Å². The Morgan fingerprint density at radius 3 is 2.91 bits per heavy atom. The number of rotatable bonds is 4. The Labute approximate surface area is 140 Å². The molecule has 1 unspecified atom stereocenters. The van der Waals surface area contributed by atoms with E-state index < -0.39 is 0 Å². The molecule has 1 amide bonds. The minimum atomic E-state index is 0.101. The Morgan fingerprint density at radius 1 is 1.39 bits per heavy atom. The molecule has 0 saturated carbocycles. The smallest absolute Gasteiger partial charge is 0.222 e. The topological polar surface area (TPSA) is 58.1 Å². The first-order valence-electron chi connectivity index (χ1n) is 8.06. The van der Waals surface area contributed by atoms with E-state index in [0.29, 0.717) is 6.42 Å². The number of anilines is 2. The Balaban J connectivity index is 1.80. The summed E-state index contributed by atoms with van der Waals surface area (Å²) >= 11 is 1.63. The predicted molar refractivity (Wildman–Crippen MR) is 93.1 cm³/mol. The fourth-order valence-corrected chi connectivity index (χ4v) is 3.74. The molecule has 1 aliphatic rings. The van der Waals surface area contributed by atoms with Crippen LogP contribution in [-0.2, 0) is 4.79 Å². The van der Waals surface area contributed by atoms with E-state index in [4.69, 9.17) is 4.98 Å². The normalized spacial score (nSPS) is 17.5. The number of hydrogen-bond acceptors (Lipinski definition) is 5. The highest BCUT2D eigenvalue weighted by atomic mass is 32.1. The van der Waals surface area contributed by atoms with E-state index in [0.717, 1.165) is 41.7 Å². The molecule has 0 spiro atoms. The molecule has 1 atom stereocenters. The number of hydrogen-bond donors (Lipinski definition) is 1. The minimum absolute atomic E-state index is 0.101. The van der Waals surface area contributed by atoms with Gasteiger partial charge in [0.2, 0.25) is 5.91 Å². The minimum Gasteiger partial charge on any atom is -0.334 e. The van der Waals surface area contributed by atoms with Crippen LogP contribution in [0.1, 0.15) is 48.5 Å². The third kappa shape index (κ3) is 3.37. The van der Waals surface area contributed by atoms with E-state index in [-0.39, 0.29) is 11.9 Å². The van der Waals surface area contributed by atoms with Crippen molar-refractivity contribution < 1.29 is 4.79 Å². The van der Waals surface area contributed by atoms with Crippen molar-refractivity contribution in [1.82, 2.24) is 14.9 Å². The number of carbonyl (C=O) groups excluding carboxylic acids is 1. The lowest BCUT2D eigenvalue weighted by Gasteiger charge is -2.24. The highest BCUT2D eigenvalue weighted by Crippen LogP contribution is 2.32. The summed E-state index contributed by atoms with van der Waals surface area (Å²) < 4.78 is 0. The predicted octanol–water partition coefficient (Wildman–Crippen LogP) is 3.97. The first-order valence-corrected chi connectivity index (χ1v) is 8.87. The second-order valence-corrected chi connectivity index (χ2v) is 7.04. The lowest BCUT2D eigenvalue weighted by molar-refractivity contribution is -0.131. The maximum Gasteiger partial charge on any atom is 0.222 e. The van der Waals surface area contributed by atoms with Crippen molar-refractivity contribution in [3.05, 3.63) is 34.5 Å². The summed E-state index contributed by atoms with van der Waals surface area (Å²) in [7, 11) is 0. The molecular formula is C17H22N4OS. The summed E-state index contributed by atoms with van der Waals surface area (Å²) in [6.45, 7) is 6.82. The third-order valence-electron chi connectivity index (χ3n) is 4.25. The molecule has 3 heterocycles. The van der Waals surface area contributed by atoms with Crippen molar-refractivity contribution in [2.45, 2.75) is 46.1 Å². The van der Waals surface area contributed by atoms with Crippen LogP contribution in [0.25, 0.3) is 0 Å². The Morgan fingerprint density at radius 2 is 2.22 bits per heavy atom. The van der Waals surface area contributed by atoms with E-state index in [1.54, 1.807) is 11.3 Å². The van der Waals surface area contributed by atoms with Gasteiger partial charge in [-0.3, -0.25) is 4.79 Å². The number of thiazole rings is 1. The van der Waals surface area contributed by atoms with E-state index in [1.807, 2.05) is 36.9 Å². The van der Waals surface area contributed by atoms with Crippen LogP contribution in [0.15, 0.2) is 18.2 Å². The van der Waals surface area contributed by atoms with Crippen molar-refractivity contribution >= 4 is 28.2 Å². The van der Waals surface area contributed by atoms with Gasteiger partial charge in [0.15, 0.2) is 5.13 Å². The SMILES string of the molecule is CCC(=O)N1CCCC1c1cccc(Nc2nc(C)c(C)s2)n1. The zero-order valence-corrected chi connectivity index (χ0v) is 14.6. The molecule has 0 radical (unpaired) electrons. The third-order valence-corrected chi connectivity index (χ3v) is 5.24. The van der Waals surface area contributed by atoms with Gasteiger partial charge in [-0.2, -0.15) is 0 Å². The summed E-state index contributed by atoms with van der Waals surface area (Å²) in [5, 5.41) is 4.14. The highest BCUT2D eigenvalue weighted by Gasteiger charge is 2.30. The first kappa shape index (κ1) is 15.9. The van der Waals surface area contributed by atoms with Gasteiger partial charge >= 0.3 is 0 Å². The van der Waals surface area contributed by atoms with Crippen LogP contribution in [0, 0.1) is 13.8 Å². The largest absolute Gasteiger partial charge is 0.334 e. The first-order chi connectivity index (χ1) is 11.1. The number of likely N-dealkylation sites (tertiary alicyclic amines) is 1. The molecule has 1 saturated heterocycles. The lowest BCUT2D eigenvalue weighted by Crippen LogP contribution is -2.30. The molecule has 0 bridgehead atoms. The van der Waals surface area contributed by atoms with Gasteiger partial charge in [-0.15, -0.1) is 11.3 Å². The van der Waals surface area contributed by atoms with Gasteiger partial charge in [-0.05, 0) is 38.8 Å². The van der Waals surface area contributed by atoms with Crippen molar-refractivity contribution in [1.29, 1.82) is 0 Å². The number of aromatic nitrogens is 2. The molecule has 2 aromatic heterocycles. The number of amides is 1. The van der Waals surface area contributed by atoms with Crippen LogP contribution in [-0.4, -0.2) is 27.3 Å². The van der Waals surface area contributed by atoms with Gasteiger partial charge in [0.05, 0.1) is 17.4 Å². The molecule has 23 heavy (non-hydrogen) atoms. The molecular weight excluding hydrogens is 308 g/mol. The maximum atomic E-state index is 12.1. The average Bonchev–Trinajstić information content (AvgIpc) is 3.14. The second-order valence-electron chi connectivity index (χ2n) is 5.83. The molecule has 122 valence electrons. The van der Waals surface area contributed by atoms with Crippen molar-refractivity contribution in [2.24, 2.45) is 0 Å². The van der Waals surface area contributed by atoms with Crippen LogP contribution < -0.4 is 5.32 Å². The zero-order valence-electron chi connectivity index (χ0n) is 13.8. The number of carbonyl (C=O) groups is 1. The standard InChI is InChI=1S/C17H22N4OS/c1-4-16(22)21-10-6-8-14(21)13-7-5-9-15(19-13)20-17-18-11(2)12(3)23-17/h5,7,9,14H,4,6,8,10H2,1-3H3,(H,18,19,20). The second kappa shape index (κ2) is 6.66. The fraction of sp³-hybridized carbons (Fsp3) is 0.471. The molecule has 1 aliphatic heterocycles. The van der Waals surface area contributed by atoms with Crippen LogP contribution in [0.4, 0.5) is 10.9 Å². The fourth-order valence-electron chi connectivity index (χ4n) is 2.92. The Hall–Kier alpha value is -1.95. The lowest BCUT2D eigenvalue weighted by atomic mass is 10.1. The number of nitrogens with zero attached hydrogens (tertiary/aromatic N) is 3. The van der Waals surface area contributed by atoms with Crippen molar-refractivity contribution in [3.63, 3.8) is 0 Å². The molecule has 1 N–H and O–H groups in total. The van der Waals surface area contributed by atoms with Gasteiger partial charge in [0.1, 0.15) is 5.82 Å². The zero-order chi connectivity index (χ0) is 16.4. The summed E-state index contributed by atoms with van der Waals surface area (Å²) in [4.78, 5) is 24.5. The van der Waals surface area contributed by atoms with Crippen LogP contribution in [0.3, 0.4) is 0 Å². The quantitative estimate of drug-likeness (QED) is 0.921. The Bertz CT molecular complexity index is 693. The Kier molecular flexibility index (Phi) is 4.61. The van der Waals surface area contributed by atoms with Crippen LogP contribution in [0.5, 0.6) is 0 Å². The molecule has 2 aromatic rings. The molecule has 0 aromatic carbocycles. The van der Waals surface area contributed by atoms with Gasteiger partial charge in [0.25, 0.3) is 0 Å². The highest BCUT2D eigenvalue weighted by molar-refractivity contribution is 7.15. The maximum absolute atomic E-state index is 12.1. The molecule has 5 nitrogen and oxygen atoms in total. The van der Waals surface area contributed by atoms with Crippen LogP contribution >= 0.6 is 11.3 Å². The molecule has 6 heteroatoms. The number of nitrogens with one attached hydrogen (secondary N) is 1. The van der Waals surface area contributed by atoms with E-state index in [9.17, 15) is 4.79 Å². The number of aryl methyl sites for hydroxylation is 2. The van der Waals surface area contributed by atoms with Crippen LogP contribution in [0.2, 0.25) is 0 Å². The van der Waals surface area contributed by atoms with E-state index >= 15 is 0 Å². The summed E-state index contributed by atoms with van der Waals surface area (Å²) in [6.07, 6.45) is 2.57. The van der Waals surface area contributed by atoms with Crippen molar-refractivity contribution in [3.8, 4) is 0 Å². The van der Waals surface area contributed by atoms with E-state index in [1.165, 1.54) is 4.88 Å². The monoisotopic (exact) mass is 330 g/mol. The average molecular weight is 330 g/mol. The van der Waals surface area contributed by atoms with Gasteiger partial charge in [0, 0.05) is 17.8 Å². The van der Waals surface area contributed by atoms with E-state index in [2.05, 4.69) is 17.2 Å². The molecule has 0 aliphatic carbocycles. The van der Waals surface area contributed by atoms with Gasteiger partial charge in [-0.25, -0.2) is 9.97 Å². The summed E-state index contributed by atoms with van der Waals surface area (Å²) in [5.74, 6) is 0.992. The molecule has 3 rings (SSSR count). The van der Waals surface area contributed by atoms with Gasteiger partial charge in [-0.1, -0.05) is 13.0 Å². The number of pyridine rings is 1. The molecule has 1 fully saturated rings. The summed E-state index contributed by atoms with van der Waals surface area (Å²) in [5.41, 5.74) is 2.00. The summed E-state index contributed by atoms with van der Waals surface area (Å²) in [6, 6.07) is 6.04. The van der Waals surface area contributed by atoms with Gasteiger partial charge < -0.3 is 10.2 Å².